The third-order valence-electron chi connectivity index (χ3n) is 6.78. The molecular weight excluding hydrogens is 521 g/mol. The first-order valence-electron chi connectivity index (χ1n) is 12.3. The van der Waals surface area contributed by atoms with Crippen LogP contribution in [-0.4, -0.2) is 32.0 Å². The van der Waals surface area contributed by atoms with Crippen LogP contribution in [0, 0.1) is 19.7 Å². The summed E-state index contributed by atoms with van der Waals surface area (Å²) < 4.78 is 15.4. The second-order valence-electron chi connectivity index (χ2n) is 9.26. The third kappa shape index (κ3) is 5.28. The zero-order valence-corrected chi connectivity index (χ0v) is 22.6. The van der Waals surface area contributed by atoms with Crippen LogP contribution in [0.4, 0.5) is 10.1 Å². The first-order valence-corrected chi connectivity index (χ1v) is 13.1. The molecule has 0 spiro atoms. The van der Waals surface area contributed by atoms with Crippen molar-refractivity contribution in [3.05, 3.63) is 112 Å². The van der Waals surface area contributed by atoms with Gasteiger partial charge in [-0.3, -0.25) is 9.78 Å². The molecule has 2 aromatic heterocycles. The van der Waals surface area contributed by atoms with E-state index < -0.39 is 0 Å². The molecule has 194 valence electrons. The highest BCUT2D eigenvalue weighted by molar-refractivity contribution is 7.80. The summed E-state index contributed by atoms with van der Waals surface area (Å²) in [5.74, 6) is -0.526. The van der Waals surface area contributed by atoms with Crippen molar-refractivity contribution in [1.29, 1.82) is 0 Å². The minimum atomic E-state index is -0.351. The molecule has 2 N–H and O–H groups in total. The Hall–Kier alpha value is -3.75. The molecule has 1 aliphatic heterocycles. The number of anilines is 1. The number of halogens is 2. The average molecular weight is 548 g/mol. The molecule has 2 atom stereocenters. The average Bonchev–Trinajstić information content (AvgIpc) is 3.39. The van der Waals surface area contributed by atoms with E-state index in [0.29, 0.717) is 22.4 Å². The maximum Gasteiger partial charge on any atom is 0.226 e. The molecule has 0 saturated carbocycles. The number of amides is 1. The molecule has 9 heteroatoms. The van der Waals surface area contributed by atoms with Crippen LogP contribution in [0.25, 0.3) is 5.69 Å². The Balaban J connectivity index is 1.46. The fourth-order valence-corrected chi connectivity index (χ4v) is 5.50. The van der Waals surface area contributed by atoms with Crippen molar-refractivity contribution in [3.8, 4) is 5.69 Å². The quantitative estimate of drug-likeness (QED) is 0.267. The lowest BCUT2D eigenvalue weighted by Gasteiger charge is -2.28. The van der Waals surface area contributed by atoms with Gasteiger partial charge in [0, 0.05) is 46.9 Å². The van der Waals surface area contributed by atoms with Crippen LogP contribution < -0.4 is 10.6 Å². The normalized spacial score (nSPS) is 16.9. The van der Waals surface area contributed by atoms with Gasteiger partial charge in [-0.25, -0.2) is 4.39 Å². The van der Waals surface area contributed by atoms with Crippen LogP contribution in [0.2, 0.25) is 5.02 Å². The number of nitrogens with one attached hydrogen (secondary N) is 2. The number of carbonyl (C=O) groups excluding carboxylic acids is 1. The zero-order chi connectivity index (χ0) is 26.8. The van der Waals surface area contributed by atoms with E-state index in [1.54, 1.807) is 18.3 Å². The third-order valence-corrected chi connectivity index (χ3v) is 7.38. The number of carbonyl (C=O) groups is 1. The lowest BCUT2D eigenvalue weighted by atomic mass is 9.96. The predicted molar refractivity (Wildman–Crippen MR) is 152 cm³/mol. The van der Waals surface area contributed by atoms with Crippen molar-refractivity contribution >= 4 is 40.5 Å². The Morgan fingerprint density at radius 2 is 1.84 bits per heavy atom. The van der Waals surface area contributed by atoms with Gasteiger partial charge >= 0.3 is 0 Å². The van der Waals surface area contributed by atoms with E-state index in [2.05, 4.69) is 45.0 Å². The predicted octanol–water partition coefficient (Wildman–Crippen LogP) is 6.28. The van der Waals surface area contributed by atoms with Crippen molar-refractivity contribution < 1.29 is 9.18 Å². The van der Waals surface area contributed by atoms with E-state index in [9.17, 15) is 9.18 Å². The topological polar surface area (TPSA) is 62.2 Å². The summed E-state index contributed by atoms with van der Waals surface area (Å²) in [5.41, 5.74) is 5.68. The summed E-state index contributed by atoms with van der Waals surface area (Å²) in [6, 6.07) is 21.1. The summed E-state index contributed by atoms with van der Waals surface area (Å²) in [7, 11) is 0. The lowest BCUT2D eigenvalue weighted by Crippen LogP contribution is -2.32. The van der Waals surface area contributed by atoms with Gasteiger partial charge in [0.2, 0.25) is 5.91 Å². The molecular formula is C29H27ClFN5OS. The number of thiocarbonyl (C=S) groups is 1. The summed E-state index contributed by atoms with van der Waals surface area (Å²) >= 11 is 11.9. The molecule has 1 saturated heterocycles. The molecule has 5 rings (SSSR count). The van der Waals surface area contributed by atoms with E-state index in [-0.39, 0.29) is 30.2 Å². The van der Waals surface area contributed by atoms with Gasteiger partial charge in [0.05, 0.1) is 17.8 Å². The number of rotatable bonds is 7. The summed E-state index contributed by atoms with van der Waals surface area (Å²) in [4.78, 5) is 19.4. The van der Waals surface area contributed by atoms with Crippen LogP contribution in [0.3, 0.4) is 0 Å². The molecule has 1 amide bonds. The molecule has 1 aliphatic rings. The molecule has 0 aliphatic carbocycles. The number of hydrogen-bond donors (Lipinski definition) is 2. The highest BCUT2D eigenvalue weighted by Gasteiger charge is 2.41. The van der Waals surface area contributed by atoms with Gasteiger partial charge in [0.1, 0.15) is 5.82 Å². The van der Waals surface area contributed by atoms with Crippen LogP contribution >= 0.6 is 23.8 Å². The van der Waals surface area contributed by atoms with Gasteiger partial charge in [-0.2, -0.15) is 0 Å². The van der Waals surface area contributed by atoms with E-state index in [4.69, 9.17) is 23.8 Å². The highest BCUT2D eigenvalue weighted by atomic mass is 35.5. The maximum atomic E-state index is 13.2. The van der Waals surface area contributed by atoms with Gasteiger partial charge < -0.3 is 20.1 Å². The van der Waals surface area contributed by atoms with Gasteiger partial charge in [-0.05, 0) is 98.4 Å². The fraction of sp³-hybridized carbons (Fsp3) is 0.207. The van der Waals surface area contributed by atoms with Gasteiger partial charge in [0.25, 0.3) is 0 Å². The number of aryl methyl sites for hydroxylation is 1. The van der Waals surface area contributed by atoms with Crippen LogP contribution in [0.5, 0.6) is 0 Å². The number of nitrogens with zero attached hydrogens (tertiary/aromatic N) is 3. The number of hydrogen-bond acceptors (Lipinski definition) is 3. The van der Waals surface area contributed by atoms with E-state index in [1.807, 2.05) is 42.5 Å². The van der Waals surface area contributed by atoms with Gasteiger partial charge in [-0.1, -0.05) is 17.7 Å². The molecule has 2 aromatic carbocycles. The second-order valence-corrected chi connectivity index (χ2v) is 10.1. The van der Waals surface area contributed by atoms with Gasteiger partial charge in [0.15, 0.2) is 5.11 Å². The molecule has 0 radical (unpaired) electrons. The first kappa shape index (κ1) is 25.9. The maximum absolute atomic E-state index is 13.2. The monoisotopic (exact) mass is 547 g/mol. The van der Waals surface area contributed by atoms with Gasteiger partial charge in [-0.15, -0.1) is 0 Å². The molecule has 6 nitrogen and oxygen atoms in total. The largest absolute Gasteiger partial charge is 0.352 e. The van der Waals surface area contributed by atoms with Crippen molar-refractivity contribution in [2.45, 2.75) is 32.4 Å². The minimum absolute atomic E-state index is 0.175. The van der Waals surface area contributed by atoms with Crippen LogP contribution in [0.15, 0.2) is 79.0 Å². The van der Waals surface area contributed by atoms with Crippen LogP contribution in [-0.2, 0) is 4.79 Å². The fourth-order valence-electron chi connectivity index (χ4n) is 5.04. The van der Waals surface area contributed by atoms with Crippen molar-refractivity contribution in [2.75, 3.05) is 11.9 Å². The molecule has 2 unspecified atom stereocenters. The van der Waals surface area contributed by atoms with Crippen molar-refractivity contribution in [1.82, 2.24) is 19.8 Å². The molecule has 38 heavy (non-hydrogen) atoms. The molecule has 4 aromatic rings. The number of pyridine rings is 1. The number of aromatic nitrogens is 2. The summed E-state index contributed by atoms with van der Waals surface area (Å²) in [5, 5.41) is 7.53. The smallest absolute Gasteiger partial charge is 0.226 e. The Kier molecular flexibility index (Phi) is 7.44. The minimum Gasteiger partial charge on any atom is -0.352 e. The SMILES string of the molecule is Cc1cc(C2C(c3ccccn3)NC(=S)N2CCC(=O)Nc2ccc(F)cc2)c(C)n1-c1ccc(Cl)cc1. The summed E-state index contributed by atoms with van der Waals surface area (Å²) in [6.45, 7) is 4.56. The van der Waals surface area contributed by atoms with E-state index >= 15 is 0 Å². The Morgan fingerprint density at radius 1 is 1.11 bits per heavy atom. The Bertz CT molecular complexity index is 1460. The lowest BCUT2D eigenvalue weighted by molar-refractivity contribution is -0.116. The summed E-state index contributed by atoms with van der Waals surface area (Å²) in [6.07, 6.45) is 1.98. The second kappa shape index (κ2) is 10.9. The molecule has 0 bridgehead atoms. The Labute approximate surface area is 231 Å². The van der Waals surface area contributed by atoms with E-state index in [1.165, 1.54) is 12.1 Å². The molecule has 1 fully saturated rings. The highest BCUT2D eigenvalue weighted by Crippen LogP contribution is 2.41. The van der Waals surface area contributed by atoms with Crippen molar-refractivity contribution in [2.24, 2.45) is 0 Å². The van der Waals surface area contributed by atoms with Crippen molar-refractivity contribution in [3.63, 3.8) is 0 Å². The molecule has 3 heterocycles. The van der Waals surface area contributed by atoms with Crippen LogP contribution in [0.1, 0.15) is 41.1 Å². The standard InChI is InChI=1S/C29H27ClFN5OS/c1-18-17-24(19(2)36(18)23-12-6-20(30)7-13-23)28-27(25-5-3-4-15-32-25)34-29(38)35(28)16-14-26(37)33-22-10-8-21(31)9-11-22/h3-13,15,17,27-28H,14,16H2,1-2H3,(H,33,37)(H,34,38). The first-order chi connectivity index (χ1) is 18.3. The van der Waals surface area contributed by atoms with E-state index in [0.717, 1.165) is 28.3 Å². The number of benzene rings is 2. The zero-order valence-electron chi connectivity index (χ0n) is 21.0. The Morgan fingerprint density at radius 3 is 2.53 bits per heavy atom.